The second-order valence-corrected chi connectivity index (χ2v) is 7.65. The minimum Gasteiger partial charge on any atom is -0.491 e. The first-order valence-electron chi connectivity index (χ1n) is 9.81. The van der Waals surface area contributed by atoms with Crippen LogP contribution < -0.4 is 4.74 Å². The van der Waals surface area contributed by atoms with E-state index in [4.69, 9.17) is 9.47 Å². The first-order chi connectivity index (χ1) is 14.2. The first-order valence-corrected chi connectivity index (χ1v) is 10.8. The standard InChI is InChI=1S/C23H24N2O3S/c1-2-27-23(17-6-4-3-5-7-17)18-8-9-21-19(12-18)14-25(10-11-28-21)22(26)13-20-15-29-16-24-20/h3-9,12,15-16,23H,2,10-11,13-14H2,1H3. The van der Waals surface area contributed by atoms with Crippen LogP contribution in [0.1, 0.15) is 35.4 Å². The molecule has 0 radical (unpaired) electrons. The Hall–Kier alpha value is -2.70. The molecule has 1 unspecified atom stereocenters. The second kappa shape index (κ2) is 9.20. The summed E-state index contributed by atoms with van der Waals surface area (Å²) in [5, 5.41) is 1.92. The Kier molecular flexibility index (Phi) is 6.22. The molecule has 1 amide bonds. The van der Waals surface area contributed by atoms with Crippen LogP contribution in [0.2, 0.25) is 0 Å². The number of benzene rings is 2. The van der Waals surface area contributed by atoms with Crippen molar-refractivity contribution >= 4 is 17.2 Å². The Labute approximate surface area is 174 Å². The van der Waals surface area contributed by atoms with Crippen LogP contribution in [0.5, 0.6) is 5.75 Å². The maximum Gasteiger partial charge on any atom is 0.229 e. The Morgan fingerprint density at radius 1 is 1.24 bits per heavy atom. The normalized spacial score (nSPS) is 14.6. The Balaban J connectivity index is 1.58. The van der Waals surface area contributed by atoms with E-state index in [0.717, 1.165) is 28.1 Å². The van der Waals surface area contributed by atoms with Crippen molar-refractivity contribution in [3.05, 3.63) is 81.8 Å². The third kappa shape index (κ3) is 4.66. The number of aromatic nitrogens is 1. The largest absolute Gasteiger partial charge is 0.491 e. The average molecular weight is 409 g/mol. The molecule has 0 N–H and O–H groups in total. The summed E-state index contributed by atoms with van der Waals surface area (Å²) in [6.45, 7) is 4.20. The van der Waals surface area contributed by atoms with Gasteiger partial charge in [0.15, 0.2) is 0 Å². The quantitative estimate of drug-likeness (QED) is 0.612. The molecule has 4 rings (SSSR count). The molecule has 29 heavy (non-hydrogen) atoms. The number of carbonyl (C=O) groups is 1. The van der Waals surface area contributed by atoms with Crippen LogP contribution in [0.4, 0.5) is 0 Å². The molecule has 5 nitrogen and oxygen atoms in total. The van der Waals surface area contributed by atoms with Gasteiger partial charge in [-0.05, 0) is 30.2 Å². The van der Waals surface area contributed by atoms with Crippen molar-refractivity contribution in [1.82, 2.24) is 9.88 Å². The third-order valence-electron chi connectivity index (χ3n) is 4.97. The van der Waals surface area contributed by atoms with E-state index in [1.165, 1.54) is 11.3 Å². The maximum atomic E-state index is 12.8. The Morgan fingerprint density at radius 3 is 2.86 bits per heavy atom. The van der Waals surface area contributed by atoms with Gasteiger partial charge >= 0.3 is 0 Å². The number of thiazole rings is 1. The highest BCUT2D eigenvalue weighted by Gasteiger charge is 2.23. The summed E-state index contributed by atoms with van der Waals surface area (Å²) in [6.07, 6.45) is 0.179. The molecule has 0 fully saturated rings. The van der Waals surface area contributed by atoms with Gasteiger partial charge < -0.3 is 14.4 Å². The lowest BCUT2D eigenvalue weighted by Gasteiger charge is -2.21. The van der Waals surface area contributed by atoms with Gasteiger partial charge in [0.05, 0.1) is 24.2 Å². The van der Waals surface area contributed by atoms with Crippen molar-refractivity contribution in [3.8, 4) is 5.75 Å². The molecule has 0 aliphatic carbocycles. The lowest BCUT2D eigenvalue weighted by Crippen LogP contribution is -2.33. The van der Waals surface area contributed by atoms with E-state index >= 15 is 0 Å². The summed E-state index contributed by atoms with van der Waals surface area (Å²) in [6, 6.07) is 16.4. The molecular formula is C23H24N2O3S. The molecule has 0 bridgehead atoms. The fourth-order valence-electron chi connectivity index (χ4n) is 3.56. The van der Waals surface area contributed by atoms with Gasteiger partial charge in [0.25, 0.3) is 0 Å². The summed E-state index contributed by atoms with van der Waals surface area (Å²) >= 11 is 1.51. The van der Waals surface area contributed by atoms with E-state index in [2.05, 4.69) is 29.2 Å². The number of rotatable bonds is 6. The number of hydrogen-bond acceptors (Lipinski definition) is 5. The highest BCUT2D eigenvalue weighted by molar-refractivity contribution is 7.07. The molecule has 150 valence electrons. The van der Waals surface area contributed by atoms with Crippen LogP contribution in [-0.4, -0.2) is 35.5 Å². The summed E-state index contributed by atoms with van der Waals surface area (Å²) in [5.74, 6) is 0.906. The van der Waals surface area contributed by atoms with E-state index in [1.54, 1.807) is 5.51 Å². The summed E-state index contributed by atoms with van der Waals surface area (Å²) in [7, 11) is 0. The number of nitrogens with zero attached hydrogens (tertiary/aromatic N) is 2. The summed E-state index contributed by atoms with van der Waals surface area (Å²) in [5.41, 5.74) is 5.76. The second-order valence-electron chi connectivity index (χ2n) is 6.93. The van der Waals surface area contributed by atoms with Crippen molar-refractivity contribution in [2.45, 2.75) is 26.0 Å². The van der Waals surface area contributed by atoms with Crippen LogP contribution >= 0.6 is 11.3 Å². The maximum absolute atomic E-state index is 12.8. The van der Waals surface area contributed by atoms with Crippen LogP contribution in [0, 0.1) is 0 Å². The van der Waals surface area contributed by atoms with Gasteiger partial charge in [0.2, 0.25) is 5.91 Å². The first kappa shape index (κ1) is 19.6. The molecule has 6 heteroatoms. The highest BCUT2D eigenvalue weighted by atomic mass is 32.1. The Morgan fingerprint density at radius 2 is 2.10 bits per heavy atom. The fourth-order valence-corrected chi connectivity index (χ4v) is 4.12. The monoisotopic (exact) mass is 408 g/mol. The molecule has 2 heterocycles. The fraction of sp³-hybridized carbons (Fsp3) is 0.304. The van der Waals surface area contributed by atoms with Gasteiger partial charge in [0, 0.05) is 24.1 Å². The van der Waals surface area contributed by atoms with Crippen molar-refractivity contribution in [1.29, 1.82) is 0 Å². The Bertz CT molecular complexity index is 944. The molecule has 2 aromatic carbocycles. The zero-order chi connectivity index (χ0) is 20.1. The molecule has 0 spiro atoms. The van der Waals surface area contributed by atoms with E-state index in [1.807, 2.05) is 41.5 Å². The van der Waals surface area contributed by atoms with Gasteiger partial charge in [-0.3, -0.25) is 4.79 Å². The topological polar surface area (TPSA) is 51.7 Å². The molecule has 0 saturated carbocycles. The lowest BCUT2D eigenvalue weighted by atomic mass is 9.98. The molecule has 3 aromatic rings. The van der Waals surface area contributed by atoms with Gasteiger partial charge in [-0.1, -0.05) is 36.4 Å². The van der Waals surface area contributed by atoms with Crippen LogP contribution in [0.15, 0.2) is 59.4 Å². The molecule has 0 saturated heterocycles. The van der Waals surface area contributed by atoms with Gasteiger partial charge in [-0.15, -0.1) is 11.3 Å². The third-order valence-corrected chi connectivity index (χ3v) is 5.61. The van der Waals surface area contributed by atoms with E-state index in [0.29, 0.717) is 32.7 Å². The SMILES string of the molecule is CCOC(c1ccccc1)c1ccc2c(c1)CN(C(=O)Cc1cscn1)CCO2. The van der Waals surface area contributed by atoms with Gasteiger partial charge in [-0.2, -0.15) is 0 Å². The zero-order valence-electron chi connectivity index (χ0n) is 16.4. The minimum atomic E-state index is -0.145. The highest BCUT2D eigenvalue weighted by Crippen LogP contribution is 2.31. The zero-order valence-corrected chi connectivity index (χ0v) is 17.2. The number of hydrogen-bond donors (Lipinski definition) is 0. The minimum absolute atomic E-state index is 0.0715. The van der Waals surface area contributed by atoms with Crippen LogP contribution in [0.25, 0.3) is 0 Å². The number of carbonyl (C=O) groups excluding carboxylic acids is 1. The lowest BCUT2D eigenvalue weighted by molar-refractivity contribution is -0.131. The average Bonchev–Trinajstić information content (AvgIpc) is 3.16. The molecule has 1 aliphatic heterocycles. The predicted molar refractivity (Wildman–Crippen MR) is 113 cm³/mol. The van der Waals surface area contributed by atoms with Gasteiger partial charge in [0.1, 0.15) is 18.5 Å². The molecular weight excluding hydrogens is 384 g/mol. The van der Waals surface area contributed by atoms with Crippen molar-refractivity contribution in [2.75, 3.05) is 19.8 Å². The van der Waals surface area contributed by atoms with Crippen LogP contribution in [0.3, 0.4) is 0 Å². The van der Waals surface area contributed by atoms with E-state index in [-0.39, 0.29) is 12.0 Å². The summed E-state index contributed by atoms with van der Waals surface area (Å²) in [4.78, 5) is 18.9. The smallest absolute Gasteiger partial charge is 0.229 e. The van der Waals surface area contributed by atoms with E-state index in [9.17, 15) is 4.79 Å². The van der Waals surface area contributed by atoms with Gasteiger partial charge in [-0.25, -0.2) is 4.98 Å². The van der Waals surface area contributed by atoms with Crippen molar-refractivity contribution in [2.24, 2.45) is 0 Å². The van der Waals surface area contributed by atoms with E-state index < -0.39 is 0 Å². The predicted octanol–water partition coefficient (Wildman–Crippen LogP) is 4.23. The number of amides is 1. The van der Waals surface area contributed by atoms with Crippen molar-refractivity contribution in [3.63, 3.8) is 0 Å². The molecule has 1 atom stereocenters. The van der Waals surface area contributed by atoms with Crippen molar-refractivity contribution < 1.29 is 14.3 Å². The molecule has 1 aromatic heterocycles. The molecule has 1 aliphatic rings. The van der Waals surface area contributed by atoms with Crippen LogP contribution in [-0.2, 0) is 22.5 Å². The number of fused-ring (bicyclic) bond motifs is 1. The summed E-state index contributed by atoms with van der Waals surface area (Å²) < 4.78 is 12.0. The number of ether oxygens (including phenoxy) is 2.